The molecule has 0 aliphatic heterocycles. The van der Waals surface area contributed by atoms with E-state index in [1.807, 2.05) is 18.2 Å². The largest absolute Gasteiger partial charge is 0.497 e. The Morgan fingerprint density at radius 3 is 2.30 bits per heavy atom. The summed E-state index contributed by atoms with van der Waals surface area (Å²) in [6.07, 6.45) is 3.43. The van der Waals surface area contributed by atoms with Crippen molar-refractivity contribution in [3.05, 3.63) is 42.2 Å². The molecule has 0 saturated carbocycles. The van der Waals surface area contributed by atoms with E-state index in [9.17, 15) is 0 Å². The van der Waals surface area contributed by atoms with Gasteiger partial charge in [-0.3, -0.25) is 0 Å². The van der Waals surface area contributed by atoms with Gasteiger partial charge in [0.15, 0.2) is 0 Å². The molecule has 0 aliphatic carbocycles. The molecule has 2 N–H and O–H groups in total. The first-order chi connectivity index (χ1) is 11.3. The number of anilines is 2. The zero-order valence-electron chi connectivity index (χ0n) is 13.7. The molecule has 0 unspecified atom stereocenters. The van der Waals surface area contributed by atoms with Crippen LogP contribution in [0.15, 0.2) is 36.7 Å². The van der Waals surface area contributed by atoms with Crippen LogP contribution in [-0.4, -0.2) is 43.9 Å². The Morgan fingerprint density at radius 1 is 0.957 bits per heavy atom. The van der Waals surface area contributed by atoms with E-state index in [4.69, 9.17) is 9.47 Å². The maximum Gasteiger partial charge on any atom is 0.131 e. The van der Waals surface area contributed by atoms with Crippen LogP contribution in [0.2, 0.25) is 0 Å². The van der Waals surface area contributed by atoms with Crippen LogP contribution >= 0.6 is 0 Å². The highest BCUT2D eigenvalue weighted by molar-refractivity contribution is 5.46. The maximum atomic E-state index is 5.16. The second-order valence-electron chi connectivity index (χ2n) is 5.09. The van der Waals surface area contributed by atoms with Crippen molar-refractivity contribution in [2.24, 2.45) is 0 Å². The number of rotatable bonds is 10. The molecular weight excluding hydrogens is 292 g/mol. The van der Waals surface area contributed by atoms with Crippen LogP contribution in [0.3, 0.4) is 0 Å². The van der Waals surface area contributed by atoms with Crippen LogP contribution in [0.25, 0.3) is 0 Å². The third-order valence-electron chi connectivity index (χ3n) is 3.38. The van der Waals surface area contributed by atoms with Gasteiger partial charge in [0.2, 0.25) is 0 Å². The van der Waals surface area contributed by atoms with E-state index < -0.39 is 0 Å². The first kappa shape index (κ1) is 17.0. The Bertz CT molecular complexity index is 575. The molecule has 1 aromatic carbocycles. The molecule has 0 radical (unpaired) electrons. The molecule has 6 heteroatoms. The lowest BCUT2D eigenvalue weighted by atomic mass is 10.1. The van der Waals surface area contributed by atoms with Gasteiger partial charge in [0.1, 0.15) is 23.7 Å². The minimum Gasteiger partial charge on any atom is -0.497 e. The Kier molecular flexibility index (Phi) is 7.13. The second-order valence-corrected chi connectivity index (χ2v) is 5.09. The third-order valence-corrected chi connectivity index (χ3v) is 3.38. The Labute approximate surface area is 137 Å². The van der Waals surface area contributed by atoms with Gasteiger partial charge in [0.05, 0.1) is 7.11 Å². The monoisotopic (exact) mass is 316 g/mol. The van der Waals surface area contributed by atoms with E-state index >= 15 is 0 Å². The highest BCUT2D eigenvalue weighted by Gasteiger charge is 1.99. The van der Waals surface area contributed by atoms with Crippen molar-refractivity contribution in [1.82, 2.24) is 9.97 Å². The van der Waals surface area contributed by atoms with Crippen LogP contribution in [0.1, 0.15) is 12.0 Å². The van der Waals surface area contributed by atoms with Gasteiger partial charge in [0.25, 0.3) is 0 Å². The molecule has 6 nitrogen and oxygen atoms in total. The predicted octanol–water partition coefficient (Wildman–Crippen LogP) is 2.59. The molecule has 1 heterocycles. The smallest absolute Gasteiger partial charge is 0.131 e. The summed E-state index contributed by atoms with van der Waals surface area (Å²) in [5, 5.41) is 6.57. The number of hydrogen-bond acceptors (Lipinski definition) is 6. The molecule has 23 heavy (non-hydrogen) atoms. The fourth-order valence-electron chi connectivity index (χ4n) is 2.11. The average Bonchev–Trinajstić information content (AvgIpc) is 2.60. The van der Waals surface area contributed by atoms with E-state index in [1.54, 1.807) is 20.5 Å². The van der Waals surface area contributed by atoms with Gasteiger partial charge in [-0.15, -0.1) is 0 Å². The van der Waals surface area contributed by atoms with E-state index in [0.29, 0.717) is 0 Å². The lowest BCUT2D eigenvalue weighted by Gasteiger charge is -2.09. The summed E-state index contributed by atoms with van der Waals surface area (Å²) in [7, 11) is 3.38. The molecular formula is C17H24N4O2. The van der Waals surface area contributed by atoms with Crippen LogP contribution in [0, 0.1) is 0 Å². The molecule has 124 valence electrons. The first-order valence-corrected chi connectivity index (χ1v) is 7.73. The summed E-state index contributed by atoms with van der Waals surface area (Å²) >= 11 is 0. The number of nitrogens with one attached hydrogen (secondary N) is 2. The van der Waals surface area contributed by atoms with Crippen LogP contribution in [-0.2, 0) is 11.2 Å². The SMILES string of the molecule is COCCCNc1cc(NCCc2ccc(OC)cc2)ncn1. The normalized spacial score (nSPS) is 10.3. The minimum atomic E-state index is 0.741. The molecule has 2 rings (SSSR count). The van der Waals surface area contributed by atoms with Crippen molar-refractivity contribution in [3.63, 3.8) is 0 Å². The van der Waals surface area contributed by atoms with Crippen LogP contribution in [0.4, 0.5) is 11.6 Å². The summed E-state index contributed by atoms with van der Waals surface area (Å²) in [6, 6.07) is 10.0. The molecule has 0 bridgehead atoms. The number of hydrogen-bond donors (Lipinski definition) is 2. The standard InChI is InChI=1S/C17H24N4O2/c1-22-11-3-9-18-16-12-17(21-13-20-16)19-10-8-14-4-6-15(23-2)7-5-14/h4-7,12-13H,3,8-11H2,1-2H3,(H2,18,19,20,21). The van der Waals surface area contributed by atoms with Crippen molar-refractivity contribution in [2.75, 3.05) is 44.5 Å². The highest BCUT2D eigenvalue weighted by Crippen LogP contribution is 2.12. The van der Waals surface area contributed by atoms with Crippen molar-refractivity contribution in [3.8, 4) is 5.75 Å². The lowest BCUT2D eigenvalue weighted by molar-refractivity contribution is 0.198. The molecule has 0 amide bonds. The fraction of sp³-hybridized carbons (Fsp3) is 0.412. The van der Waals surface area contributed by atoms with E-state index in [2.05, 4.69) is 32.7 Å². The molecule has 1 aromatic heterocycles. The fourth-order valence-corrected chi connectivity index (χ4v) is 2.11. The lowest BCUT2D eigenvalue weighted by Crippen LogP contribution is -2.09. The predicted molar refractivity (Wildman–Crippen MR) is 92.2 cm³/mol. The number of methoxy groups -OCH3 is 2. The van der Waals surface area contributed by atoms with E-state index in [0.717, 1.165) is 49.9 Å². The zero-order valence-corrected chi connectivity index (χ0v) is 13.7. The van der Waals surface area contributed by atoms with Gasteiger partial charge in [-0.25, -0.2) is 9.97 Å². The molecule has 0 fully saturated rings. The Balaban J connectivity index is 1.76. The molecule has 0 atom stereocenters. The van der Waals surface area contributed by atoms with Crippen molar-refractivity contribution in [2.45, 2.75) is 12.8 Å². The van der Waals surface area contributed by atoms with Gasteiger partial charge < -0.3 is 20.1 Å². The third kappa shape index (κ3) is 6.12. The van der Waals surface area contributed by atoms with Crippen LogP contribution in [0.5, 0.6) is 5.75 Å². The first-order valence-electron chi connectivity index (χ1n) is 7.73. The molecule has 0 aliphatic rings. The quantitative estimate of drug-likeness (QED) is 0.657. The summed E-state index contributed by atoms with van der Waals surface area (Å²) < 4.78 is 10.2. The number of ether oxygens (including phenoxy) is 2. The average molecular weight is 316 g/mol. The second kappa shape index (κ2) is 9.63. The summed E-state index contributed by atoms with van der Waals surface area (Å²) in [6.45, 7) is 2.38. The molecule has 0 saturated heterocycles. The van der Waals surface area contributed by atoms with Gasteiger partial charge in [-0.2, -0.15) is 0 Å². The zero-order chi connectivity index (χ0) is 16.3. The number of benzene rings is 1. The Hall–Kier alpha value is -2.34. The Morgan fingerprint density at radius 2 is 1.65 bits per heavy atom. The van der Waals surface area contributed by atoms with E-state index in [-0.39, 0.29) is 0 Å². The summed E-state index contributed by atoms with van der Waals surface area (Å²) in [5.41, 5.74) is 1.25. The van der Waals surface area contributed by atoms with Crippen LogP contribution < -0.4 is 15.4 Å². The van der Waals surface area contributed by atoms with Gasteiger partial charge in [-0.1, -0.05) is 12.1 Å². The van der Waals surface area contributed by atoms with Gasteiger partial charge >= 0.3 is 0 Å². The van der Waals surface area contributed by atoms with Gasteiger partial charge in [0, 0.05) is 32.9 Å². The van der Waals surface area contributed by atoms with Crippen molar-refractivity contribution in [1.29, 1.82) is 0 Å². The van der Waals surface area contributed by atoms with E-state index in [1.165, 1.54) is 5.56 Å². The number of nitrogens with zero attached hydrogens (tertiary/aromatic N) is 2. The molecule has 0 spiro atoms. The summed E-state index contributed by atoms with van der Waals surface area (Å²) in [5.74, 6) is 2.52. The summed E-state index contributed by atoms with van der Waals surface area (Å²) in [4.78, 5) is 8.44. The highest BCUT2D eigenvalue weighted by atomic mass is 16.5. The topological polar surface area (TPSA) is 68.3 Å². The maximum absolute atomic E-state index is 5.16. The number of aromatic nitrogens is 2. The molecule has 2 aromatic rings. The minimum absolute atomic E-state index is 0.741. The van der Waals surface area contributed by atoms with Crippen molar-refractivity contribution < 1.29 is 9.47 Å². The van der Waals surface area contributed by atoms with Crippen molar-refractivity contribution >= 4 is 11.6 Å². The van der Waals surface area contributed by atoms with Gasteiger partial charge in [-0.05, 0) is 30.5 Å².